The van der Waals surface area contributed by atoms with Crippen LogP contribution in [0.3, 0.4) is 0 Å². The maximum Gasteiger partial charge on any atom is 0.501 e. The molecule has 0 fully saturated rings. The molecule has 1 aromatic carbocycles. The lowest BCUT2D eigenvalue weighted by Gasteiger charge is -2.11. The minimum atomic E-state index is -5.23. The molecular formula is C10H8F3O2S. The first-order valence-electron chi connectivity index (χ1n) is 4.58. The molecular weight excluding hydrogens is 241 g/mol. The SMILES string of the molecule is O=S(=O)(c1cccc2c1C[CH]C2)C(F)(F)F. The van der Waals surface area contributed by atoms with E-state index >= 15 is 0 Å². The molecule has 0 bridgehead atoms. The van der Waals surface area contributed by atoms with Gasteiger partial charge in [0.15, 0.2) is 0 Å². The van der Waals surface area contributed by atoms with Crippen molar-refractivity contribution >= 4 is 9.84 Å². The lowest BCUT2D eigenvalue weighted by molar-refractivity contribution is -0.0436. The maximum absolute atomic E-state index is 12.4. The van der Waals surface area contributed by atoms with E-state index in [1.165, 1.54) is 6.07 Å². The molecule has 1 aliphatic carbocycles. The highest BCUT2D eigenvalue weighted by atomic mass is 32.2. The summed E-state index contributed by atoms with van der Waals surface area (Å²) in [6.07, 6.45) is 2.57. The summed E-state index contributed by atoms with van der Waals surface area (Å²) in [6, 6.07) is 4.01. The zero-order valence-corrected chi connectivity index (χ0v) is 8.90. The Hall–Kier alpha value is -1.04. The van der Waals surface area contributed by atoms with Gasteiger partial charge in [-0.15, -0.1) is 0 Å². The molecule has 6 heteroatoms. The summed E-state index contributed by atoms with van der Waals surface area (Å²) in [5.41, 5.74) is -4.30. The Labute approximate surface area is 91.0 Å². The topological polar surface area (TPSA) is 34.1 Å². The molecule has 0 amide bonds. The summed E-state index contributed by atoms with van der Waals surface area (Å²) in [5, 5.41) is 0. The number of benzene rings is 1. The molecule has 0 atom stereocenters. The highest BCUT2D eigenvalue weighted by molar-refractivity contribution is 7.92. The van der Waals surface area contributed by atoms with E-state index < -0.39 is 20.2 Å². The number of fused-ring (bicyclic) bond motifs is 1. The van der Waals surface area contributed by atoms with Crippen molar-refractivity contribution in [3.05, 3.63) is 35.7 Å². The van der Waals surface area contributed by atoms with Crippen molar-refractivity contribution in [1.29, 1.82) is 0 Å². The monoisotopic (exact) mass is 249 g/mol. The van der Waals surface area contributed by atoms with Gasteiger partial charge < -0.3 is 0 Å². The molecule has 0 aliphatic heterocycles. The van der Waals surface area contributed by atoms with Crippen LogP contribution in [0.2, 0.25) is 0 Å². The largest absolute Gasteiger partial charge is 0.501 e. The molecule has 1 aromatic rings. The second-order valence-corrected chi connectivity index (χ2v) is 5.45. The predicted molar refractivity (Wildman–Crippen MR) is 51.4 cm³/mol. The van der Waals surface area contributed by atoms with Gasteiger partial charge in [0.05, 0.1) is 4.90 Å². The van der Waals surface area contributed by atoms with Crippen LogP contribution in [0.1, 0.15) is 11.1 Å². The number of hydrogen-bond donors (Lipinski definition) is 0. The van der Waals surface area contributed by atoms with Crippen LogP contribution in [0.25, 0.3) is 0 Å². The molecule has 0 aromatic heterocycles. The summed E-state index contributed by atoms with van der Waals surface area (Å²) in [5.74, 6) is 0. The van der Waals surface area contributed by atoms with Crippen LogP contribution < -0.4 is 0 Å². The van der Waals surface area contributed by atoms with Gasteiger partial charge in [-0.05, 0) is 36.5 Å². The normalized spacial score (nSPS) is 16.2. The van der Waals surface area contributed by atoms with Crippen LogP contribution >= 0.6 is 0 Å². The number of halogens is 3. The Morgan fingerprint density at radius 3 is 2.44 bits per heavy atom. The van der Waals surface area contributed by atoms with Crippen LogP contribution in [0.15, 0.2) is 23.1 Å². The van der Waals surface area contributed by atoms with E-state index in [2.05, 4.69) is 0 Å². The molecule has 0 saturated carbocycles. The number of hydrogen-bond acceptors (Lipinski definition) is 2. The average molecular weight is 249 g/mol. The van der Waals surface area contributed by atoms with Crippen LogP contribution in [0, 0.1) is 6.42 Å². The molecule has 0 spiro atoms. The molecule has 87 valence electrons. The Bertz CT molecular complexity index is 517. The van der Waals surface area contributed by atoms with E-state index in [1.54, 1.807) is 12.5 Å². The van der Waals surface area contributed by atoms with Crippen LogP contribution in [0.4, 0.5) is 13.2 Å². The first-order chi connectivity index (χ1) is 7.34. The van der Waals surface area contributed by atoms with E-state index in [-0.39, 0.29) is 12.0 Å². The van der Waals surface area contributed by atoms with E-state index in [0.29, 0.717) is 12.0 Å². The Morgan fingerprint density at radius 1 is 1.12 bits per heavy atom. The number of sulfone groups is 1. The number of alkyl halides is 3. The molecule has 0 N–H and O–H groups in total. The molecule has 2 nitrogen and oxygen atoms in total. The van der Waals surface area contributed by atoms with Crippen molar-refractivity contribution in [1.82, 2.24) is 0 Å². The van der Waals surface area contributed by atoms with Crippen molar-refractivity contribution in [2.75, 3.05) is 0 Å². The first-order valence-corrected chi connectivity index (χ1v) is 6.06. The molecule has 0 heterocycles. The summed E-state index contributed by atoms with van der Waals surface area (Å²) in [7, 11) is -5.22. The van der Waals surface area contributed by atoms with Gasteiger partial charge in [0.25, 0.3) is 9.84 Å². The summed E-state index contributed by atoms with van der Waals surface area (Å²) in [6.45, 7) is 0. The predicted octanol–water partition coefficient (Wildman–Crippen LogP) is 2.28. The zero-order chi connectivity index (χ0) is 12.0. The lowest BCUT2D eigenvalue weighted by Crippen LogP contribution is -2.24. The quantitative estimate of drug-likeness (QED) is 0.765. The third-order valence-corrected chi connectivity index (χ3v) is 4.11. The van der Waals surface area contributed by atoms with Crippen LogP contribution in [-0.2, 0) is 22.7 Å². The highest BCUT2D eigenvalue weighted by Crippen LogP contribution is 2.35. The van der Waals surface area contributed by atoms with Gasteiger partial charge in [-0.1, -0.05) is 12.1 Å². The van der Waals surface area contributed by atoms with Crippen molar-refractivity contribution in [3.8, 4) is 0 Å². The third-order valence-electron chi connectivity index (χ3n) is 2.54. The van der Waals surface area contributed by atoms with Crippen LogP contribution in [-0.4, -0.2) is 13.9 Å². The highest BCUT2D eigenvalue weighted by Gasteiger charge is 2.48. The van der Waals surface area contributed by atoms with Gasteiger partial charge in [0.2, 0.25) is 0 Å². The standard InChI is InChI=1S/C10H8F3O2S/c11-10(12,13)16(14,15)9-6-2-4-7-3-1-5-8(7)9/h1-2,4,6H,3,5H2. The maximum atomic E-state index is 12.4. The Kier molecular flexibility index (Phi) is 2.49. The van der Waals surface area contributed by atoms with Gasteiger partial charge in [0.1, 0.15) is 0 Å². The molecule has 0 saturated heterocycles. The number of rotatable bonds is 1. The summed E-state index contributed by atoms with van der Waals surface area (Å²) < 4.78 is 59.7. The van der Waals surface area contributed by atoms with Crippen molar-refractivity contribution < 1.29 is 21.6 Å². The van der Waals surface area contributed by atoms with E-state index in [4.69, 9.17) is 0 Å². The van der Waals surface area contributed by atoms with Gasteiger partial charge in [0, 0.05) is 0 Å². The lowest BCUT2D eigenvalue weighted by atomic mass is 10.1. The fraction of sp³-hybridized carbons (Fsp3) is 0.300. The van der Waals surface area contributed by atoms with Crippen molar-refractivity contribution in [3.63, 3.8) is 0 Å². The Balaban J connectivity index is 2.63. The van der Waals surface area contributed by atoms with Crippen molar-refractivity contribution in [2.24, 2.45) is 0 Å². The fourth-order valence-corrected chi connectivity index (χ4v) is 2.83. The van der Waals surface area contributed by atoms with Gasteiger partial charge in [-0.3, -0.25) is 0 Å². The van der Waals surface area contributed by atoms with E-state index in [9.17, 15) is 21.6 Å². The Morgan fingerprint density at radius 2 is 1.81 bits per heavy atom. The minimum absolute atomic E-state index is 0.278. The van der Waals surface area contributed by atoms with Gasteiger partial charge in [-0.25, -0.2) is 8.42 Å². The minimum Gasteiger partial charge on any atom is -0.214 e. The summed E-state index contributed by atoms with van der Waals surface area (Å²) in [4.78, 5) is -0.605. The molecule has 1 aliphatic rings. The van der Waals surface area contributed by atoms with Gasteiger partial charge >= 0.3 is 5.51 Å². The molecule has 2 rings (SSSR count). The smallest absolute Gasteiger partial charge is 0.214 e. The second-order valence-electron chi connectivity index (χ2n) is 3.54. The second kappa shape index (κ2) is 3.48. The van der Waals surface area contributed by atoms with Crippen LogP contribution in [0.5, 0.6) is 0 Å². The first kappa shape index (κ1) is 11.4. The van der Waals surface area contributed by atoms with Crippen molar-refractivity contribution in [2.45, 2.75) is 23.2 Å². The van der Waals surface area contributed by atoms with E-state index in [1.807, 2.05) is 0 Å². The average Bonchev–Trinajstić information content (AvgIpc) is 2.62. The zero-order valence-electron chi connectivity index (χ0n) is 8.08. The fourth-order valence-electron chi connectivity index (χ4n) is 1.78. The summed E-state index contributed by atoms with van der Waals surface area (Å²) >= 11 is 0. The molecule has 1 radical (unpaired) electrons. The third kappa shape index (κ3) is 1.61. The molecule has 0 unspecified atom stereocenters. The van der Waals surface area contributed by atoms with Gasteiger partial charge in [-0.2, -0.15) is 13.2 Å². The molecule has 16 heavy (non-hydrogen) atoms. The van der Waals surface area contributed by atoms with E-state index in [0.717, 1.165) is 6.07 Å².